The Hall–Kier alpha value is -2.04. The summed E-state index contributed by atoms with van der Waals surface area (Å²) in [7, 11) is 0. The molecule has 2 aromatic carbocycles. The van der Waals surface area contributed by atoms with Crippen LogP contribution in [0, 0.1) is 0 Å². The van der Waals surface area contributed by atoms with Crippen LogP contribution in [-0.2, 0) is 16.1 Å². The van der Waals surface area contributed by atoms with E-state index < -0.39 is 0 Å². The summed E-state index contributed by atoms with van der Waals surface area (Å²) < 4.78 is 11.2. The molecule has 1 aliphatic rings. The Labute approximate surface area is 159 Å². The molecule has 4 nitrogen and oxygen atoms in total. The Morgan fingerprint density at radius 1 is 1.15 bits per heavy atom. The number of hydrogen-bond acceptors (Lipinski definition) is 3. The Kier molecular flexibility index (Phi) is 6.53. The minimum Gasteiger partial charge on any atom is -0.450 e. The Balaban J connectivity index is 1.61. The van der Waals surface area contributed by atoms with Crippen molar-refractivity contribution in [1.82, 2.24) is 4.90 Å². The minimum atomic E-state index is -0.284. The largest absolute Gasteiger partial charge is 0.450 e. The number of halogens is 1. The smallest absolute Gasteiger partial charge is 0.411 e. The van der Waals surface area contributed by atoms with Crippen LogP contribution >= 0.6 is 11.6 Å². The van der Waals surface area contributed by atoms with Gasteiger partial charge < -0.3 is 9.47 Å². The first-order valence-electron chi connectivity index (χ1n) is 9.07. The van der Waals surface area contributed by atoms with Crippen LogP contribution in [0.3, 0.4) is 0 Å². The molecule has 0 saturated carbocycles. The quantitative estimate of drug-likeness (QED) is 0.695. The monoisotopic (exact) mass is 373 g/mol. The molecule has 1 fully saturated rings. The fraction of sp³-hybridized carbons (Fsp3) is 0.381. The predicted molar refractivity (Wildman–Crippen MR) is 103 cm³/mol. The van der Waals surface area contributed by atoms with E-state index in [9.17, 15) is 4.79 Å². The summed E-state index contributed by atoms with van der Waals surface area (Å²) in [5.74, 6) is 0. The lowest BCUT2D eigenvalue weighted by Gasteiger charge is -2.34. The summed E-state index contributed by atoms with van der Waals surface area (Å²) in [4.78, 5) is 13.8. The number of ether oxygens (including phenoxy) is 2. The summed E-state index contributed by atoms with van der Waals surface area (Å²) in [5, 5.41) is 0.728. The maximum absolute atomic E-state index is 12.1. The van der Waals surface area contributed by atoms with Gasteiger partial charge in [0.15, 0.2) is 0 Å². The fourth-order valence-electron chi connectivity index (χ4n) is 3.14. The van der Waals surface area contributed by atoms with E-state index in [0.717, 1.165) is 41.0 Å². The number of carbonyl (C=O) groups is 1. The zero-order valence-electron chi connectivity index (χ0n) is 15.0. The van der Waals surface area contributed by atoms with Gasteiger partial charge in [-0.2, -0.15) is 0 Å². The van der Waals surface area contributed by atoms with Gasteiger partial charge in [-0.05, 0) is 55.0 Å². The number of piperidine rings is 1. The van der Waals surface area contributed by atoms with Crippen LogP contribution in [0.5, 0.6) is 0 Å². The average Bonchev–Trinajstić information content (AvgIpc) is 2.67. The van der Waals surface area contributed by atoms with Gasteiger partial charge in [-0.3, -0.25) is 4.90 Å². The van der Waals surface area contributed by atoms with Gasteiger partial charge in [0.25, 0.3) is 0 Å². The SMILES string of the molecule is CCOC(=O)N1CCCCC1OCc1ccc(-c2cccc(Cl)c2)cc1. The molecular weight excluding hydrogens is 350 g/mol. The van der Waals surface area contributed by atoms with Gasteiger partial charge in [-0.15, -0.1) is 0 Å². The van der Waals surface area contributed by atoms with Gasteiger partial charge in [0.1, 0.15) is 6.23 Å². The molecule has 26 heavy (non-hydrogen) atoms. The summed E-state index contributed by atoms with van der Waals surface area (Å²) in [6.07, 6.45) is 2.41. The van der Waals surface area contributed by atoms with Crippen LogP contribution in [0.1, 0.15) is 31.7 Å². The summed E-state index contributed by atoms with van der Waals surface area (Å²) in [6, 6.07) is 16.0. The van der Waals surface area contributed by atoms with E-state index in [1.807, 2.05) is 43.3 Å². The van der Waals surface area contributed by atoms with Gasteiger partial charge in [-0.1, -0.05) is 48.0 Å². The number of benzene rings is 2. The number of nitrogens with zero attached hydrogens (tertiary/aromatic N) is 1. The minimum absolute atomic E-state index is 0.213. The van der Waals surface area contributed by atoms with E-state index in [0.29, 0.717) is 19.8 Å². The second-order valence-corrected chi connectivity index (χ2v) is 6.80. The van der Waals surface area contributed by atoms with Crippen molar-refractivity contribution in [2.45, 2.75) is 39.0 Å². The third-order valence-corrected chi connectivity index (χ3v) is 4.74. The summed E-state index contributed by atoms with van der Waals surface area (Å²) >= 11 is 6.06. The first kappa shape index (κ1) is 18.7. The Morgan fingerprint density at radius 3 is 2.69 bits per heavy atom. The molecule has 0 aromatic heterocycles. The number of likely N-dealkylation sites (tertiary alicyclic amines) is 1. The first-order valence-corrected chi connectivity index (χ1v) is 9.45. The molecule has 0 bridgehead atoms. The topological polar surface area (TPSA) is 38.8 Å². The van der Waals surface area contributed by atoms with Crippen LogP contribution in [0.15, 0.2) is 48.5 Å². The molecule has 5 heteroatoms. The van der Waals surface area contributed by atoms with Crippen molar-refractivity contribution in [2.75, 3.05) is 13.2 Å². The Morgan fingerprint density at radius 2 is 1.96 bits per heavy atom. The highest BCUT2D eigenvalue weighted by atomic mass is 35.5. The number of rotatable bonds is 5. The van der Waals surface area contributed by atoms with Crippen LogP contribution < -0.4 is 0 Å². The van der Waals surface area contributed by atoms with E-state index in [-0.39, 0.29) is 12.3 Å². The van der Waals surface area contributed by atoms with Crippen molar-refractivity contribution >= 4 is 17.7 Å². The second-order valence-electron chi connectivity index (χ2n) is 6.36. The van der Waals surface area contributed by atoms with Crippen molar-refractivity contribution in [2.24, 2.45) is 0 Å². The van der Waals surface area contributed by atoms with Gasteiger partial charge in [0.2, 0.25) is 0 Å². The molecule has 1 amide bonds. The van der Waals surface area contributed by atoms with E-state index >= 15 is 0 Å². The molecule has 3 rings (SSSR count). The molecule has 0 aliphatic carbocycles. The van der Waals surface area contributed by atoms with Gasteiger partial charge in [0.05, 0.1) is 13.2 Å². The fourth-order valence-corrected chi connectivity index (χ4v) is 3.33. The lowest BCUT2D eigenvalue weighted by atomic mass is 10.0. The van der Waals surface area contributed by atoms with Crippen molar-refractivity contribution in [3.8, 4) is 11.1 Å². The third-order valence-electron chi connectivity index (χ3n) is 4.50. The highest BCUT2D eigenvalue weighted by Gasteiger charge is 2.28. The van der Waals surface area contributed by atoms with Crippen molar-refractivity contribution in [3.05, 3.63) is 59.1 Å². The Bertz CT molecular complexity index is 732. The molecule has 1 saturated heterocycles. The van der Waals surface area contributed by atoms with E-state index in [4.69, 9.17) is 21.1 Å². The second kappa shape index (κ2) is 9.06. The normalized spacial score (nSPS) is 17.2. The van der Waals surface area contributed by atoms with Gasteiger partial charge in [-0.25, -0.2) is 4.79 Å². The highest BCUT2D eigenvalue weighted by Crippen LogP contribution is 2.24. The molecule has 1 atom stereocenters. The molecule has 2 aromatic rings. The van der Waals surface area contributed by atoms with Crippen LogP contribution in [0.2, 0.25) is 5.02 Å². The average molecular weight is 374 g/mol. The zero-order valence-corrected chi connectivity index (χ0v) is 15.7. The summed E-state index contributed by atoms with van der Waals surface area (Å²) in [6.45, 7) is 3.36. The van der Waals surface area contributed by atoms with Crippen LogP contribution in [-0.4, -0.2) is 30.4 Å². The standard InChI is InChI=1S/C21H24ClNO3/c1-2-25-21(24)23-13-4-3-8-20(23)26-15-16-9-11-17(12-10-16)18-6-5-7-19(22)14-18/h5-7,9-12,14,20H,2-4,8,13,15H2,1H3. The van der Waals surface area contributed by atoms with Crippen LogP contribution in [0.4, 0.5) is 4.79 Å². The molecule has 138 valence electrons. The van der Waals surface area contributed by atoms with Crippen molar-refractivity contribution < 1.29 is 14.3 Å². The summed E-state index contributed by atoms with van der Waals surface area (Å²) in [5.41, 5.74) is 3.28. The molecule has 1 unspecified atom stereocenters. The molecule has 1 aliphatic heterocycles. The number of hydrogen-bond donors (Lipinski definition) is 0. The molecular formula is C21H24ClNO3. The number of carbonyl (C=O) groups excluding carboxylic acids is 1. The maximum Gasteiger partial charge on any atom is 0.411 e. The van der Waals surface area contributed by atoms with E-state index in [1.54, 1.807) is 4.90 Å². The first-order chi connectivity index (χ1) is 12.7. The molecule has 0 N–H and O–H groups in total. The van der Waals surface area contributed by atoms with Crippen molar-refractivity contribution in [3.63, 3.8) is 0 Å². The van der Waals surface area contributed by atoms with Gasteiger partial charge in [0, 0.05) is 11.6 Å². The van der Waals surface area contributed by atoms with E-state index in [2.05, 4.69) is 12.1 Å². The zero-order chi connectivity index (χ0) is 18.4. The van der Waals surface area contributed by atoms with Gasteiger partial charge >= 0.3 is 6.09 Å². The highest BCUT2D eigenvalue weighted by molar-refractivity contribution is 6.30. The third kappa shape index (κ3) is 4.77. The predicted octanol–water partition coefficient (Wildman–Crippen LogP) is 5.49. The lowest BCUT2D eigenvalue weighted by molar-refractivity contribution is -0.0788. The number of amides is 1. The van der Waals surface area contributed by atoms with Crippen LogP contribution in [0.25, 0.3) is 11.1 Å². The lowest BCUT2D eigenvalue weighted by Crippen LogP contribution is -2.45. The van der Waals surface area contributed by atoms with Crippen molar-refractivity contribution in [1.29, 1.82) is 0 Å². The van der Waals surface area contributed by atoms with E-state index in [1.165, 1.54) is 0 Å². The molecule has 0 radical (unpaired) electrons. The molecule has 1 heterocycles. The molecule has 0 spiro atoms. The maximum atomic E-state index is 12.1.